The summed E-state index contributed by atoms with van der Waals surface area (Å²) in [5.74, 6) is -0.243. The predicted molar refractivity (Wildman–Crippen MR) is 125 cm³/mol. The Morgan fingerprint density at radius 2 is 1.53 bits per heavy atom. The van der Waals surface area contributed by atoms with E-state index in [0.717, 1.165) is 53.1 Å². The highest BCUT2D eigenvalue weighted by Gasteiger charge is 2.23. The summed E-state index contributed by atoms with van der Waals surface area (Å²) in [4.78, 5) is 2.25. The lowest BCUT2D eigenvalue weighted by molar-refractivity contribution is 0.175. The first kappa shape index (κ1) is 20.9. The van der Waals surface area contributed by atoms with Crippen LogP contribution in [0.5, 0.6) is 0 Å². The molecule has 4 nitrogen and oxygen atoms in total. The van der Waals surface area contributed by atoms with Gasteiger partial charge in [-0.25, -0.2) is 9.07 Å². The molecule has 1 aromatic heterocycles. The van der Waals surface area contributed by atoms with Gasteiger partial charge in [0, 0.05) is 35.8 Å². The lowest BCUT2D eigenvalue weighted by Crippen LogP contribution is -2.21. The molecule has 0 spiro atoms. The Morgan fingerprint density at radius 3 is 2.16 bits per heavy atom. The van der Waals surface area contributed by atoms with Crippen LogP contribution in [0.2, 0.25) is 5.02 Å². The van der Waals surface area contributed by atoms with Gasteiger partial charge < -0.3 is 5.11 Å². The number of hydrogen-bond donors (Lipinski definition) is 1. The van der Waals surface area contributed by atoms with Crippen molar-refractivity contribution in [1.29, 1.82) is 0 Å². The molecule has 0 aliphatic carbocycles. The molecule has 32 heavy (non-hydrogen) atoms. The number of β-amino-alcohol motifs (C(OH)–C–C–N with tert-alkyl or cyclic N) is 1. The van der Waals surface area contributed by atoms with Crippen LogP contribution < -0.4 is 0 Å². The minimum absolute atomic E-state index is 0.243. The zero-order valence-electron chi connectivity index (χ0n) is 17.5. The largest absolute Gasteiger partial charge is 0.392 e. The molecule has 1 N–H and O–H groups in total. The van der Waals surface area contributed by atoms with Crippen molar-refractivity contribution >= 4 is 11.6 Å². The number of halogens is 2. The molecule has 1 atom stereocenters. The van der Waals surface area contributed by atoms with E-state index in [-0.39, 0.29) is 11.9 Å². The number of aromatic nitrogens is 2. The van der Waals surface area contributed by atoms with E-state index in [1.807, 2.05) is 59.4 Å². The van der Waals surface area contributed by atoms with E-state index in [4.69, 9.17) is 16.7 Å². The number of aliphatic hydroxyl groups excluding tert-OH is 1. The summed E-state index contributed by atoms with van der Waals surface area (Å²) in [7, 11) is 0. The van der Waals surface area contributed by atoms with Crippen LogP contribution in [0.3, 0.4) is 0 Å². The number of nitrogens with zero attached hydrogens (tertiary/aromatic N) is 3. The molecular formula is C26H23ClFN3O. The fourth-order valence-electron chi connectivity index (χ4n) is 4.24. The van der Waals surface area contributed by atoms with Crippen LogP contribution in [0.1, 0.15) is 12.0 Å². The zero-order valence-corrected chi connectivity index (χ0v) is 18.2. The van der Waals surface area contributed by atoms with Gasteiger partial charge in [-0.2, -0.15) is 5.10 Å². The van der Waals surface area contributed by atoms with Gasteiger partial charge in [0.2, 0.25) is 0 Å². The number of benzene rings is 3. The Kier molecular flexibility index (Phi) is 5.79. The van der Waals surface area contributed by atoms with Gasteiger partial charge in [0.1, 0.15) is 5.82 Å². The Labute approximate surface area is 191 Å². The molecule has 6 heteroatoms. The fourth-order valence-corrected chi connectivity index (χ4v) is 4.37. The molecule has 1 unspecified atom stereocenters. The van der Waals surface area contributed by atoms with Crippen molar-refractivity contribution in [2.45, 2.75) is 19.1 Å². The molecule has 0 bridgehead atoms. The molecule has 4 aromatic rings. The minimum Gasteiger partial charge on any atom is -0.392 e. The third kappa shape index (κ3) is 4.32. The number of aliphatic hydroxyl groups is 1. The molecule has 1 aliphatic heterocycles. The maximum Gasteiger partial charge on any atom is 0.123 e. The van der Waals surface area contributed by atoms with Crippen LogP contribution in [-0.2, 0) is 6.54 Å². The zero-order chi connectivity index (χ0) is 22.1. The van der Waals surface area contributed by atoms with Crippen LogP contribution >= 0.6 is 11.6 Å². The third-order valence-corrected chi connectivity index (χ3v) is 6.15. The number of likely N-dealkylation sites (tertiary alicyclic amines) is 1. The second-order valence-electron chi connectivity index (χ2n) is 8.17. The van der Waals surface area contributed by atoms with Gasteiger partial charge >= 0.3 is 0 Å². The van der Waals surface area contributed by atoms with E-state index < -0.39 is 0 Å². The van der Waals surface area contributed by atoms with Crippen molar-refractivity contribution in [3.63, 3.8) is 0 Å². The van der Waals surface area contributed by atoms with E-state index in [1.54, 1.807) is 12.1 Å². The SMILES string of the molecule is OC1CCN(Cc2cnn(-c3ccc(-c4ccc(F)cc4)cc3)c2-c2ccc(Cl)cc2)C1. The van der Waals surface area contributed by atoms with E-state index in [2.05, 4.69) is 4.90 Å². The molecular weight excluding hydrogens is 425 g/mol. The molecule has 1 saturated heterocycles. The van der Waals surface area contributed by atoms with Crippen LogP contribution in [0.4, 0.5) is 4.39 Å². The van der Waals surface area contributed by atoms with Gasteiger partial charge in [0.15, 0.2) is 0 Å². The van der Waals surface area contributed by atoms with E-state index in [9.17, 15) is 9.50 Å². The molecule has 1 aliphatic rings. The van der Waals surface area contributed by atoms with Crippen LogP contribution in [0.15, 0.2) is 79.0 Å². The summed E-state index contributed by atoms with van der Waals surface area (Å²) < 4.78 is 15.2. The average Bonchev–Trinajstić information content (AvgIpc) is 3.41. The number of rotatable bonds is 5. The molecule has 3 aromatic carbocycles. The summed E-state index contributed by atoms with van der Waals surface area (Å²) in [6.45, 7) is 2.28. The quantitative estimate of drug-likeness (QED) is 0.435. The monoisotopic (exact) mass is 447 g/mol. The Morgan fingerprint density at radius 1 is 0.906 bits per heavy atom. The second-order valence-corrected chi connectivity index (χ2v) is 8.60. The van der Waals surface area contributed by atoms with Crippen LogP contribution in [0.25, 0.3) is 28.1 Å². The van der Waals surface area contributed by atoms with Crippen molar-refractivity contribution in [2.24, 2.45) is 0 Å². The third-order valence-electron chi connectivity index (χ3n) is 5.89. The van der Waals surface area contributed by atoms with E-state index in [0.29, 0.717) is 11.6 Å². The Bertz CT molecular complexity index is 1200. The van der Waals surface area contributed by atoms with Gasteiger partial charge in [0.25, 0.3) is 0 Å². The van der Waals surface area contributed by atoms with Crippen molar-refractivity contribution in [3.05, 3.63) is 95.4 Å². The average molecular weight is 448 g/mol. The first-order chi connectivity index (χ1) is 15.6. The smallest absolute Gasteiger partial charge is 0.123 e. The topological polar surface area (TPSA) is 41.3 Å². The summed E-state index contributed by atoms with van der Waals surface area (Å²) in [5, 5.41) is 15.3. The number of hydrogen-bond acceptors (Lipinski definition) is 3. The Hall–Kier alpha value is -2.99. The van der Waals surface area contributed by atoms with E-state index >= 15 is 0 Å². The highest BCUT2D eigenvalue weighted by Crippen LogP contribution is 2.30. The van der Waals surface area contributed by atoms with E-state index in [1.165, 1.54) is 12.1 Å². The first-order valence-corrected chi connectivity index (χ1v) is 11.0. The van der Waals surface area contributed by atoms with Gasteiger partial charge in [-0.3, -0.25) is 4.90 Å². The summed E-state index contributed by atoms with van der Waals surface area (Å²) in [5.41, 5.74) is 6.06. The van der Waals surface area contributed by atoms with Crippen molar-refractivity contribution in [1.82, 2.24) is 14.7 Å². The van der Waals surface area contributed by atoms with Gasteiger partial charge in [0.05, 0.1) is 23.7 Å². The predicted octanol–water partition coefficient (Wildman–Crippen LogP) is 5.57. The van der Waals surface area contributed by atoms with Crippen molar-refractivity contribution in [2.75, 3.05) is 13.1 Å². The summed E-state index contributed by atoms with van der Waals surface area (Å²) in [6.07, 6.45) is 2.45. The maximum atomic E-state index is 13.3. The molecule has 162 valence electrons. The fraction of sp³-hybridized carbons (Fsp3) is 0.192. The van der Waals surface area contributed by atoms with Crippen LogP contribution in [0, 0.1) is 5.82 Å². The summed E-state index contributed by atoms with van der Waals surface area (Å²) in [6, 6.07) is 22.4. The second kappa shape index (κ2) is 8.87. The highest BCUT2D eigenvalue weighted by atomic mass is 35.5. The molecule has 0 saturated carbocycles. The van der Waals surface area contributed by atoms with Gasteiger partial charge in [-0.1, -0.05) is 48.0 Å². The summed E-state index contributed by atoms with van der Waals surface area (Å²) >= 11 is 6.13. The molecule has 1 fully saturated rings. The molecule has 0 radical (unpaired) electrons. The Balaban J connectivity index is 1.51. The standard InChI is InChI=1S/C26H23ClFN3O/c27-22-7-1-20(2-8-22)26-21(16-30-14-13-25(32)17-30)15-29-31(26)24-11-5-19(6-12-24)18-3-9-23(28)10-4-18/h1-12,15,25,32H,13-14,16-17H2. The van der Waals surface area contributed by atoms with Gasteiger partial charge in [-0.05, 0) is 53.9 Å². The molecule has 0 amide bonds. The maximum absolute atomic E-state index is 13.3. The lowest BCUT2D eigenvalue weighted by atomic mass is 10.0. The molecule has 5 rings (SSSR count). The van der Waals surface area contributed by atoms with Crippen molar-refractivity contribution < 1.29 is 9.50 Å². The first-order valence-electron chi connectivity index (χ1n) is 10.7. The van der Waals surface area contributed by atoms with Gasteiger partial charge in [-0.15, -0.1) is 0 Å². The minimum atomic E-state index is -0.261. The highest BCUT2D eigenvalue weighted by molar-refractivity contribution is 6.30. The van der Waals surface area contributed by atoms with Crippen molar-refractivity contribution in [3.8, 4) is 28.1 Å². The molecule has 2 heterocycles. The van der Waals surface area contributed by atoms with Crippen LogP contribution in [-0.4, -0.2) is 39.0 Å². The normalized spacial score (nSPS) is 16.5. The lowest BCUT2D eigenvalue weighted by Gasteiger charge is -2.16.